The topological polar surface area (TPSA) is 50.4 Å². The van der Waals surface area contributed by atoms with Crippen LogP contribution in [0.2, 0.25) is 0 Å². The van der Waals surface area contributed by atoms with Crippen LogP contribution >= 0.6 is 0 Å². The number of aromatic amines is 1. The third kappa shape index (κ3) is 1.20. The fraction of sp³-hybridized carbons (Fsp3) is 0.667. The number of hydrogen-bond donors (Lipinski definition) is 1. The molecule has 0 aliphatic carbocycles. The molecule has 3 heterocycles. The van der Waals surface area contributed by atoms with Crippen LogP contribution < -0.4 is 4.90 Å². The van der Waals surface area contributed by atoms with Gasteiger partial charge in [-0.3, -0.25) is 5.10 Å². The van der Waals surface area contributed by atoms with Gasteiger partial charge in [0.25, 0.3) is 0 Å². The van der Waals surface area contributed by atoms with Crippen molar-refractivity contribution in [1.82, 2.24) is 10.2 Å². The lowest BCUT2D eigenvalue weighted by Gasteiger charge is -2.16. The molecule has 1 N–H and O–H groups in total. The first-order valence-corrected chi connectivity index (χ1v) is 4.88. The largest absolute Gasteiger partial charge is 0.350 e. The number of ether oxygens (including phenoxy) is 2. The van der Waals surface area contributed by atoms with E-state index in [2.05, 4.69) is 15.1 Å². The molecule has 0 bridgehead atoms. The average Bonchev–Trinajstić information content (AvgIpc) is 2.74. The van der Waals surface area contributed by atoms with Crippen LogP contribution in [0.3, 0.4) is 0 Å². The summed E-state index contributed by atoms with van der Waals surface area (Å²) in [6.07, 6.45) is 2.20. The molecule has 2 saturated heterocycles. The van der Waals surface area contributed by atoms with Gasteiger partial charge < -0.3 is 14.4 Å². The van der Waals surface area contributed by atoms with E-state index in [1.165, 1.54) is 0 Å². The molecular formula is C9H13N3O2. The van der Waals surface area contributed by atoms with Gasteiger partial charge in [0, 0.05) is 25.4 Å². The molecule has 2 fully saturated rings. The molecule has 5 heteroatoms. The van der Waals surface area contributed by atoms with Gasteiger partial charge in [0.15, 0.2) is 6.29 Å². The summed E-state index contributed by atoms with van der Waals surface area (Å²) in [6.45, 7) is 3.69. The Balaban J connectivity index is 1.73. The maximum Gasteiger partial charge on any atom is 0.155 e. The molecule has 0 aromatic carbocycles. The lowest BCUT2D eigenvalue weighted by molar-refractivity contribution is -0.0529. The molecule has 1 aromatic rings. The van der Waals surface area contributed by atoms with E-state index < -0.39 is 0 Å². The van der Waals surface area contributed by atoms with Crippen LogP contribution in [0.1, 0.15) is 6.92 Å². The molecule has 2 aliphatic heterocycles. The summed E-state index contributed by atoms with van der Waals surface area (Å²) >= 11 is 0. The standard InChI is InChI=1S/C9H13N3O2/c1-6-13-7-4-12(5-8(7)14-6)9-2-3-10-11-9/h2-3,6-8H,4-5H2,1H3,(H,10,11)/t6?,7-,8+. The summed E-state index contributed by atoms with van der Waals surface area (Å²) in [7, 11) is 0. The second-order valence-electron chi connectivity index (χ2n) is 3.75. The van der Waals surface area contributed by atoms with E-state index in [1.54, 1.807) is 0 Å². The molecule has 2 aliphatic rings. The number of fused-ring (bicyclic) bond motifs is 1. The van der Waals surface area contributed by atoms with Gasteiger partial charge in [-0.15, -0.1) is 0 Å². The van der Waals surface area contributed by atoms with Crippen molar-refractivity contribution < 1.29 is 9.47 Å². The summed E-state index contributed by atoms with van der Waals surface area (Å²) in [5.74, 6) is 0.972. The molecule has 3 rings (SSSR count). The zero-order valence-corrected chi connectivity index (χ0v) is 8.01. The second-order valence-corrected chi connectivity index (χ2v) is 3.75. The lowest BCUT2D eigenvalue weighted by Crippen LogP contribution is -2.24. The Bertz CT molecular complexity index is 300. The first-order chi connectivity index (χ1) is 6.83. The summed E-state index contributed by atoms with van der Waals surface area (Å²) in [5, 5.41) is 6.94. The van der Waals surface area contributed by atoms with E-state index in [1.807, 2.05) is 19.2 Å². The predicted molar refractivity (Wildman–Crippen MR) is 50.0 cm³/mol. The highest BCUT2D eigenvalue weighted by atomic mass is 16.7. The number of rotatable bonds is 1. The monoisotopic (exact) mass is 195 g/mol. The van der Waals surface area contributed by atoms with Crippen LogP contribution in [0.4, 0.5) is 5.82 Å². The van der Waals surface area contributed by atoms with Gasteiger partial charge in [-0.05, 0) is 6.92 Å². The van der Waals surface area contributed by atoms with Crippen molar-refractivity contribution in [3.8, 4) is 0 Å². The SMILES string of the molecule is CC1O[C@H]2CN(c3cc[nH]n3)C[C@H]2O1. The van der Waals surface area contributed by atoms with Gasteiger partial charge in [0.1, 0.15) is 18.0 Å². The molecule has 1 unspecified atom stereocenters. The van der Waals surface area contributed by atoms with E-state index in [4.69, 9.17) is 9.47 Å². The van der Waals surface area contributed by atoms with Crippen LogP contribution in [0.5, 0.6) is 0 Å². The first-order valence-electron chi connectivity index (χ1n) is 4.88. The highest BCUT2D eigenvalue weighted by Gasteiger charge is 2.41. The highest BCUT2D eigenvalue weighted by molar-refractivity contribution is 5.39. The number of nitrogens with one attached hydrogen (secondary N) is 1. The summed E-state index contributed by atoms with van der Waals surface area (Å²) in [5.41, 5.74) is 0. The molecular weight excluding hydrogens is 182 g/mol. The maximum absolute atomic E-state index is 5.61. The molecule has 1 aromatic heterocycles. The Morgan fingerprint density at radius 2 is 2.14 bits per heavy atom. The molecule has 14 heavy (non-hydrogen) atoms. The zero-order chi connectivity index (χ0) is 9.54. The molecule has 0 spiro atoms. The van der Waals surface area contributed by atoms with E-state index >= 15 is 0 Å². The molecule has 0 radical (unpaired) electrons. The Hall–Kier alpha value is -1.07. The summed E-state index contributed by atoms with van der Waals surface area (Å²) in [4.78, 5) is 2.18. The van der Waals surface area contributed by atoms with Crippen LogP contribution in [-0.2, 0) is 9.47 Å². The van der Waals surface area contributed by atoms with Crippen LogP contribution in [0, 0.1) is 0 Å². The minimum absolute atomic E-state index is 0.0497. The Kier molecular flexibility index (Phi) is 1.75. The van der Waals surface area contributed by atoms with Crippen molar-refractivity contribution >= 4 is 5.82 Å². The van der Waals surface area contributed by atoms with Crippen molar-refractivity contribution in [1.29, 1.82) is 0 Å². The number of hydrogen-bond acceptors (Lipinski definition) is 4. The highest BCUT2D eigenvalue weighted by Crippen LogP contribution is 2.28. The predicted octanol–water partition coefficient (Wildman–Crippen LogP) is 0.360. The van der Waals surface area contributed by atoms with Crippen LogP contribution in [-0.4, -0.2) is 41.8 Å². The lowest BCUT2D eigenvalue weighted by atomic mass is 10.3. The van der Waals surface area contributed by atoms with Crippen molar-refractivity contribution in [3.63, 3.8) is 0 Å². The van der Waals surface area contributed by atoms with Gasteiger partial charge in [0.05, 0.1) is 0 Å². The van der Waals surface area contributed by atoms with E-state index in [0.717, 1.165) is 18.9 Å². The van der Waals surface area contributed by atoms with Gasteiger partial charge in [-0.2, -0.15) is 5.10 Å². The van der Waals surface area contributed by atoms with Crippen molar-refractivity contribution in [2.24, 2.45) is 0 Å². The molecule has 76 valence electrons. The van der Waals surface area contributed by atoms with Gasteiger partial charge in [0.2, 0.25) is 0 Å². The quantitative estimate of drug-likeness (QED) is 0.703. The molecule has 3 atom stereocenters. The minimum Gasteiger partial charge on any atom is -0.350 e. The summed E-state index contributed by atoms with van der Waals surface area (Å²) in [6, 6.07) is 1.96. The van der Waals surface area contributed by atoms with Gasteiger partial charge in [-0.1, -0.05) is 0 Å². The second kappa shape index (κ2) is 2.96. The van der Waals surface area contributed by atoms with Crippen molar-refractivity contribution in [3.05, 3.63) is 12.3 Å². The Morgan fingerprint density at radius 1 is 1.43 bits per heavy atom. The Labute approximate surface area is 82.0 Å². The normalized spacial score (nSPS) is 36.4. The zero-order valence-electron chi connectivity index (χ0n) is 8.01. The number of anilines is 1. The molecule has 0 saturated carbocycles. The number of aromatic nitrogens is 2. The molecule has 5 nitrogen and oxygen atoms in total. The number of nitrogens with zero attached hydrogens (tertiary/aromatic N) is 2. The van der Waals surface area contributed by atoms with Gasteiger partial charge >= 0.3 is 0 Å². The third-order valence-electron chi connectivity index (χ3n) is 2.76. The molecule has 0 amide bonds. The van der Waals surface area contributed by atoms with Gasteiger partial charge in [-0.25, -0.2) is 0 Å². The Morgan fingerprint density at radius 3 is 2.71 bits per heavy atom. The van der Waals surface area contributed by atoms with E-state index in [9.17, 15) is 0 Å². The summed E-state index contributed by atoms with van der Waals surface area (Å²) < 4.78 is 11.2. The fourth-order valence-corrected chi connectivity index (χ4v) is 2.15. The first kappa shape index (κ1) is 8.26. The average molecular weight is 195 g/mol. The smallest absolute Gasteiger partial charge is 0.155 e. The number of H-pyrrole nitrogens is 1. The third-order valence-corrected chi connectivity index (χ3v) is 2.76. The maximum atomic E-state index is 5.61. The van der Waals surface area contributed by atoms with E-state index in [0.29, 0.717) is 0 Å². The minimum atomic E-state index is -0.0497. The van der Waals surface area contributed by atoms with Crippen molar-refractivity contribution in [2.75, 3.05) is 18.0 Å². The fourth-order valence-electron chi connectivity index (χ4n) is 2.15. The van der Waals surface area contributed by atoms with E-state index in [-0.39, 0.29) is 18.5 Å². The van der Waals surface area contributed by atoms with Crippen molar-refractivity contribution in [2.45, 2.75) is 25.4 Å². The van der Waals surface area contributed by atoms with Crippen LogP contribution in [0.15, 0.2) is 12.3 Å². The van der Waals surface area contributed by atoms with Crippen LogP contribution in [0.25, 0.3) is 0 Å².